The van der Waals surface area contributed by atoms with Crippen molar-refractivity contribution in [3.63, 3.8) is 0 Å². The van der Waals surface area contributed by atoms with E-state index < -0.39 is 0 Å². The molecule has 0 aromatic carbocycles. The zero-order valence-electron chi connectivity index (χ0n) is 12.4. The lowest BCUT2D eigenvalue weighted by Gasteiger charge is -2.31. The molecule has 6 heteroatoms. The lowest BCUT2D eigenvalue weighted by Crippen LogP contribution is -2.41. The molecule has 2 heterocycles. The number of urea groups is 1. The number of rotatable bonds is 5. The first-order valence-electron chi connectivity index (χ1n) is 7.51. The Balaban J connectivity index is 1.72. The van der Waals surface area contributed by atoms with Gasteiger partial charge in [0.2, 0.25) is 0 Å². The Morgan fingerprint density at radius 3 is 3.00 bits per heavy atom. The minimum atomic E-state index is -0.144. The molecule has 0 bridgehead atoms. The molecular formula is C14H25N5O. The Morgan fingerprint density at radius 2 is 2.30 bits per heavy atom. The van der Waals surface area contributed by atoms with Gasteiger partial charge in [0.25, 0.3) is 0 Å². The van der Waals surface area contributed by atoms with Crippen molar-refractivity contribution in [3.8, 4) is 0 Å². The summed E-state index contributed by atoms with van der Waals surface area (Å²) >= 11 is 0. The molecular weight excluding hydrogens is 254 g/mol. The van der Waals surface area contributed by atoms with Crippen LogP contribution in [-0.2, 0) is 6.54 Å². The van der Waals surface area contributed by atoms with Gasteiger partial charge in [-0.25, -0.2) is 4.79 Å². The molecule has 0 saturated carbocycles. The zero-order valence-corrected chi connectivity index (χ0v) is 12.4. The van der Waals surface area contributed by atoms with E-state index >= 15 is 0 Å². The third kappa shape index (κ3) is 4.23. The molecule has 0 aliphatic carbocycles. The molecule has 1 atom stereocenters. The van der Waals surface area contributed by atoms with Crippen molar-refractivity contribution in [3.05, 3.63) is 12.4 Å². The van der Waals surface area contributed by atoms with Crippen molar-refractivity contribution in [1.29, 1.82) is 0 Å². The zero-order chi connectivity index (χ0) is 14.4. The average molecular weight is 279 g/mol. The fraction of sp³-hybridized carbons (Fsp3) is 0.714. The number of piperidine rings is 1. The number of carbonyl (C=O) groups excluding carboxylic acids is 1. The van der Waals surface area contributed by atoms with Crippen LogP contribution in [-0.4, -0.2) is 46.9 Å². The maximum atomic E-state index is 11.8. The lowest BCUT2D eigenvalue weighted by molar-refractivity contribution is 0.180. The van der Waals surface area contributed by atoms with E-state index in [4.69, 9.17) is 0 Å². The molecule has 1 aliphatic heterocycles. The van der Waals surface area contributed by atoms with Crippen molar-refractivity contribution in [2.75, 3.05) is 31.5 Å². The van der Waals surface area contributed by atoms with Gasteiger partial charge in [-0.05, 0) is 38.8 Å². The molecule has 20 heavy (non-hydrogen) atoms. The molecule has 2 N–H and O–H groups in total. The Labute approximate surface area is 120 Å². The van der Waals surface area contributed by atoms with E-state index in [0.29, 0.717) is 5.92 Å². The Bertz CT molecular complexity index is 431. The number of carbonyl (C=O) groups is 1. The highest BCUT2D eigenvalue weighted by Gasteiger charge is 2.19. The van der Waals surface area contributed by atoms with E-state index in [-0.39, 0.29) is 6.03 Å². The van der Waals surface area contributed by atoms with E-state index in [9.17, 15) is 4.79 Å². The molecule has 1 aromatic rings. The van der Waals surface area contributed by atoms with Crippen LogP contribution >= 0.6 is 0 Å². The van der Waals surface area contributed by atoms with E-state index in [1.165, 1.54) is 19.4 Å². The van der Waals surface area contributed by atoms with E-state index in [0.717, 1.165) is 31.9 Å². The number of anilines is 1. The van der Waals surface area contributed by atoms with Crippen LogP contribution in [0.15, 0.2) is 12.4 Å². The minimum absolute atomic E-state index is 0.144. The summed E-state index contributed by atoms with van der Waals surface area (Å²) in [5, 5.41) is 9.90. The van der Waals surface area contributed by atoms with Crippen LogP contribution in [0.2, 0.25) is 0 Å². The summed E-state index contributed by atoms with van der Waals surface area (Å²) in [6, 6.07) is -0.144. The maximum absolute atomic E-state index is 11.8. The van der Waals surface area contributed by atoms with E-state index in [2.05, 4.69) is 27.6 Å². The molecule has 0 radical (unpaired) electrons. The second-order valence-electron chi connectivity index (χ2n) is 5.32. The molecule has 2 amide bonds. The minimum Gasteiger partial charge on any atom is -0.338 e. The normalized spacial score (nSPS) is 19.8. The number of hydrogen-bond acceptors (Lipinski definition) is 3. The summed E-state index contributed by atoms with van der Waals surface area (Å²) in [4.78, 5) is 14.3. The maximum Gasteiger partial charge on any atom is 0.319 e. The summed E-state index contributed by atoms with van der Waals surface area (Å²) in [6.45, 7) is 9.12. The van der Waals surface area contributed by atoms with Crippen LogP contribution < -0.4 is 10.6 Å². The Morgan fingerprint density at radius 1 is 1.45 bits per heavy atom. The van der Waals surface area contributed by atoms with Crippen molar-refractivity contribution in [2.45, 2.75) is 33.2 Å². The van der Waals surface area contributed by atoms with Gasteiger partial charge in [0, 0.05) is 25.8 Å². The first-order valence-corrected chi connectivity index (χ1v) is 7.51. The van der Waals surface area contributed by atoms with E-state index in [1.54, 1.807) is 10.9 Å². The highest BCUT2D eigenvalue weighted by Crippen LogP contribution is 2.15. The van der Waals surface area contributed by atoms with Crippen LogP contribution in [0.5, 0.6) is 0 Å². The van der Waals surface area contributed by atoms with Crippen molar-refractivity contribution in [1.82, 2.24) is 20.0 Å². The largest absolute Gasteiger partial charge is 0.338 e. The summed E-state index contributed by atoms with van der Waals surface area (Å²) in [7, 11) is 0. The van der Waals surface area contributed by atoms with Gasteiger partial charge in [-0.1, -0.05) is 6.92 Å². The monoisotopic (exact) mass is 279 g/mol. The number of likely N-dealkylation sites (tertiary alicyclic amines) is 1. The quantitative estimate of drug-likeness (QED) is 0.863. The van der Waals surface area contributed by atoms with Gasteiger partial charge in [0.1, 0.15) is 0 Å². The van der Waals surface area contributed by atoms with Gasteiger partial charge < -0.3 is 15.5 Å². The van der Waals surface area contributed by atoms with Crippen LogP contribution in [0.1, 0.15) is 26.7 Å². The molecule has 1 aliphatic rings. The third-order valence-corrected chi connectivity index (χ3v) is 3.82. The van der Waals surface area contributed by atoms with Crippen LogP contribution in [0.3, 0.4) is 0 Å². The van der Waals surface area contributed by atoms with Gasteiger partial charge >= 0.3 is 6.03 Å². The average Bonchev–Trinajstić information content (AvgIpc) is 2.93. The standard InChI is InChI=1S/C14H25N5O/c1-3-18-7-5-6-12(10-18)8-15-14(20)17-13-9-16-19(4-2)11-13/h9,11-12H,3-8,10H2,1-2H3,(H2,15,17,20)/t12-/m0/s1. The van der Waals surface area contributed by atoms with Crippen LogP contribution in [0, 0.1) is 5.92 Å². The van der Waals surface area contributed by atoms with Gasteiger partial charge in [0.15, 0.2) is 0 Å². The topological polar surface area (TPSA) is 62.2 Å². The number of hydrogen-bond donors (Lipinski definition) is 2. The van der Waals surface area contributed by atoms with Crippen LogP contribution in [0.4, 0.5) is 10.5 Å². The number of nitrogens with zero attached hydrogens (tertiary/aromatic N) is 3. The lowest BCUT2D eigenvalue weighted by atomic mass is 9.98. The predicted molar refractivity (Wildman–Crippen MR) is 79.8 cm³/mol. The third-order valence-electron chi connectivity index (χ3n) is 3.82. The predicted octanol–water partition coefficient (Wildman–Crippen LogP) is 1.76. The summed E-state index contributed by atoms with van der Waals surface area (Å²) in [5.74, 6) is 0.563. The first-order chi connectivity index (χ1) is 9.71. The highest BCUT2D eigenvalue weighted by atomic mass is 16.2. The number of nitrogens with one attached hydrogen (secondary N) is 2. The summed E-state index contributed by atoms with van der Waals surface area (Å²) in [6.07, 6.45) is 5.93. The molecule has 2 rings (SSSR count). The second-order valence-corrected chi connectivity index (χ2v) is 5.32. The number of aryl methyl sites for hydroxylation is 1. The number of aromatic nitrogens is 2. The van der Waals surface area contributed by atoms with Crippen molar-refractivity contribution < 1.29 is 4.79 Å². The Kier molecular flexibility index (Phi) is 5.40. The summed E-state index contributed by atoms with van der Waals surface area (Å²) in [5.41, 5.74) is 0.739. The molecule has 0 unspecified atom stereocenters. The molecule has 1 aromatic heterocycles. The fourth-order valence-corrected chi connectivity index (χ4v) is 2.62. The summed E-state index contributed by atoms with van der Waals surface area (Å²) < 4.78 is 1.79. The molecule has 1 saturated heterocycles. The van der Waals surface area contributed by atoms with Crippen LogP contribution in [0.25, 0.3) is 0 Å². The van der Waals surface area contributed by atoms with Gasteiger partial charge in [-0.15, -0.1) is 0 Å². The molecule has 112 valence electrons. The molecule has 0 spiro atoms. The van der Waals surface area contributed by atoms with E-state index in [1.807, 2.05) is 13.1 Å². The van der Waals surface area contributed by atoms with Crippen molar-refractivity contribution in [2.24, 2.45) is 5.92 Å². The Hall–Kier alpha value is -1.56. The fourth-order valence-electron chi connectivity index (χ4n) is 2.62. The second kappa shape index (κ2) is 7.28. The molecule has 1 fully saturated rings. The van der Waals surface area contributed by atoms with Crippen molar-refractivity contribution >= 4 is 11.7 Å². The smallest absolute Gasteiger partial charge is 0.319 e. The molecule has 6 nitrogen and oxygen atoms in total. The SMILES string of the molecule is CCN1CCC[C@@H](CNC(=O)Nc2cnn(CC)c2)C1. The number of amides is 2. The van der Waals surface area contributed by atoms with Gasteiger partial charge in [0.05, 0.1) is 11.9 Å². The van der Waals surface area contributed by atoms with Gasteiger partial charge in [-0.3, -0.25) is 4.68 Å². The highest BCUT2D eigenvalue weighted by molar-refractivity contribution is 5.88. The first kappa shape index (κ1) is 14.8. The van der Waals surface area contributed by atoms with Gasteiger partial charge in [-0.2, -0.15) is 5.10 Å².